The van der Waals surface area contributed by atoms with Gasteiger partial charge < -0.3 is 21.3 Å². The summed E-state index contributed by atoms with van der Waals surface area (Å²) in [6.07, 6.45) is 5.30. The van der Waals surface area contributed by atoms with Crippen LogP contribution in [0.1, 0.15) is 19.3 Å². The van der Waals surface area contributed by atoms with Crippen LogP contribution in [0.25, 0.3) is 0 Å². The lowest BCUT2D eigenvalue weighted by Crippen LogP contribution is -2.33. The summed E-state index contributed by atoms with van der Waals surface area (Å²) in [5.74, 6) is 0.573. The first-order chi connectivity index (χ1) is 12.1. The van der Waals surface area contributed by atoms with Gasteiger partial charge in [-0.15, -0.1) is 0 Å². The van der Waals surface area contributed by atoms with Gasteiger partial charge in [0.2, 0.25) is 0 Å². The number of benzene rings is 1. The Labute approximate surface area is 151 Å². The fourth-order valence-electron chi connectivity index (χ4n) is 2.86. The maximum atomic E-state index is 13.2. The molecule has 6 nitrogen and oxygen atoms in total. The number of nitrogens with two attached hydrogens (primary N) is 1. The highest BCUT2D eigenvalue weighted by atomic mass is 35.5. The van der Waals surface area contributed by atoms with Crippen molar-refractivity contribution < 1.29 is 4.39 Å². The van der Waals surface area contributed by atoms with E-state index in [4.69, 9.17) is 17.3 Å². The van der Waals surface area contributed by atoms with Crippen LogP contribution in [0.3, 0.4) is 0 Å². The van der Waals surface area contributed by atoms with E-state index in [0.717, 1.165) is 26.2 Å². The van der Waals surface area contributed by atoms with Crippen LogP contribution in [0.5, 0.6) is 0 Å². The number of hydrogen-bond donors (Lipinski definition) is 3. The Morgan fingerprint density at radius 1 is 1.16 bits per heavy atom. The monoisotopic (exact) mass is 364 g/mol. The van der Waals surface area contributed by atoms with Crippen LogP contribution in [0, 0.1) is 5.82 Å². The largest absolute Gasteiger partial charge is 0.393 e. The molecule has 1 aromatic carbocycles. The van der Waals surface area contributed by atoms with Crippen LogP contribution in [0.2, 0.25) is 5.02 Å². The second-order valence-electron chi connectivity index (χ2n) is 6.07. The lowest BCUT2D eigenvalue weighted by Gasteiger charge is -2.26. The first-order valence-electron chi connectivity index (χ1n) is 8.42. The van der Waals surface area contributed by atoms with Gasteiger partial charge in [0.15, 0.2) is 11.6 Å². The summed E-state index contributed by atoms with van der Waals surface area (Å²) in [7, 11) is 0. The number of nitrogens with one attached hydrogen (secondary N) is 2. The predicted octanol–water partition coefficient (Wildman–Crippen LogP) is 3.49. The van der Waals surface area contributed by atoms with Crippen LogP contribution in [0.4, 0.5) is 27.4 Å². The maximum absolute atomic E-state index is 13.2. The van der Waals surface area contributed by atoms with Gasteiger partial charge in [0.1, 0.15) is 17.8 Å². The van der Waals surface area contributed by atoms with Crippen molar-refractivity contribution in [2.45, 2.75) is 19.3 Å². The zero-order chi connectivity index (χ0) is 17.6. The van der Waals surface area contributed by atoms with Gasteiger partial charge in [0, 0.05) is 18.8 Å². The standard InChI is InChI=1S/C17H22ClFN6/c18-13-10-12(4-5-14(13)19)24-17-15(20)16(22-11-23-17)21-6-9-25-7-2-1-3-8-25/h4-5,10-11H,1-3,6-9,20H2,(H2,21,22,23,24). The number of anilines is 4. The fourth-order valence-corrected chi connectivity index (χ4v) is 3.04. The van der Waals surface area contributed by atoms with Crippen LogP contribution >= 0.6 is 11.6 Å². The van der Waals surface area contributed by atoms with Crippen molar-refractivity contribution in [2.24, 2.45) is 0 Å². The number of nitrogen functional groups attached to an aromatic ring is 1. The molecule has 3 rings (SSSR count). The van der Waals surface area contributed by atoms with E-state index in [1.165, 1.54) is 37.7 Å². The highest BCUT2D eigenvalue weighted by Crippen LogP contribution is 2.27. The second kappa shape index (κ2) is 8.31. The average Bonchev–Trinajstić information content (AvgIpc) is 2.62. The van der Waals surface area contributed by atoms with Crippen LogP contribution in [-0.4, -0.2) is 41.0 Å². The molecule has 1 saturated heterocycles. The van der Waals surface area contributed by atoms with E-state index in [9.17, 15) is 4.39 Å². The number of rotatable bonds is 6. The summed E-state index contributed by atoms with van der Waals surface area (Å²) in [5.41, 5.74) is 7.17. The smallest absolute Gasteiger partial charge is 0.159 e. The molecule has 134 valence electrons. The SMILES string of the molecule is Nc1c(NCCN2CCCCC2)ncnc1Nc1ccc(F)c(Cl)c1. The molecule has 1 aliphatic rings. The van der Waals surface area contributed by atoms with Gasteiger partial charge in [-0.05, 0) is 44.1 Å². The van der Waals surface area contributed by atoms with Crippen molar-refractivity contribution in [2.75, 3.05) is 42.5 Å². The van der Waals surface area contributed by atoms with Gasteiger partial charge in [-0.3, -0.25) is 0 Å². The Hall–Kier alpha value is -2.12. The van der Waals surface area contributed by atoms with Crippen LogP contribution in [0.15, 0.2) is 24.5 Å². The van der Waals surface area contributed by atoms with Crippen molar-refractivity contribution in [3.63, 3.8) is 0 Å². The first-order valence-corrected chi connectivity index (χ1v) is 8.80. The fraction of sp³-hybridized carbons (Fsp3) is 0.412. The van der Waals surface area contributed by atoms with Crippen molar-refractivity contribution in [3.05, 3.63) is 35.4 Å². The van der Waals surface area contributed by atoms with Gasteiger partial charge in [-0.25, -0.2) is 14.4 Å². The van der Waals surface area contributed by atoms with Gasteiger partial charge in [-0.2, -0.15) is 0 Å². The minimum Gasteiger partial charge on any atom is -0.393 e. The normalized spacial score (nSPS) is 15.1. The number of likely N-dealkylation sites (tertiary alicyclic amines) is 1. The Morgan fingerprint density at radius 2 is 1.92 bits per heavy atom. The summed E-state index contributed by atoms with van der Waals surface area (Å²) in [4.78, 5) is 10.8. The van der Waals surface area contributed by atoms with Gasteiger partial charge in [0.05, 0.1) is 5.02 Å². The van der Waals surface area contributed by atoms with Crippen LogP contribution in [-0.2, 0) is 0 Å². The number of hydrogen-bond acceptors (Lipinski definition) is 6. The molecule has 1 aromatic heterocycles. The molecule has 1 fully saturated rings. The third-order valence-electron chi connectivity index (χ3n) is 4.24. The molecule has 4 N–H and O–H groups in total. The van der Waals surface area contributed by atoms with E-state index in [-0.39, 0.29) is 5.02 Å². The molecule has 0 radical (unpaired) electrons. The Kier molecular flexibility index (Phi) is 5.88. The molecule has 2 aromatic rings. The minimum absolute atomic E-state index is 0.0394. The molecule has 1 aliphatic heterocycles. The summed E-state index contributed by atoms with van der Waals surface area (Å²) < 4.78 is 13.2. The Morgan fingerprint density at radius 3 is 2.68 bits per heavy atom. The highest BCUT2D eigenvalue weighted by molar-refractivity contribution is 6.31. The molecule has 25 heavy (non-hydrogen) atoms. The van der Waals surface area contributed by atoms with Crippen molar-refractivity contribution in [1.29, 1.82) is 0 Å². The third kappa shape index (κ3) is 4.70. The number of aromatic nitrogens is 2. The average molecular weight is 365 g/mol. The quantitative estimate of drug-likeness (QED) is 0.728. The summed E-state index contributed by atoms with van der Waals surface area (Å²) in [6.45, 7) is 4.03. The highest BCUT2D eigenvalue weighted by Gasteiger charge is 2.12. The van der Waals surface area contributed by atoms with Gasteiger partial charge in [-0.1, -0.05) is 18.0 Å². The molecule has 0 amide bonds. The molecule has 0 bridgehead atoms. The van der Waals surface area contributed by atoms with E-state index >= 15 is 0 Å². The van der Waals surface area contributed by atoms with E-state index in [0.29, 0.717) is 23.0 Å². The molecule has 0 spiro atoms. The van der Waals surface area contributed by atoms with Crippen LogP contribution < -0.4 is 16.4 Å². The first kappa shape index (κ1) is 17.7. The minimum atomic E-state index is -0.469. The summed E-state index contributed by atoms with van der Waals surface area (Å²) in [5, 5.41) is 6.35. The van der Waals surface area contributed by atoms with Gasteiger partial charge >= 0.3 is 0 Å². The number of piperidine rings is 1. The molecule has 8 heteroatoms. The molecule has 0 atom stereocenters. The zero-order valence-electron chi connectivity index (χ0n) is 13.9. The lowest BCUT2D eigenvalue weighted by molar-refractivity contribution is 0.237. The molecule has 0 unspecified atom stereocenters. The zero-order valence-corrected chi connectivity index (χ0v) is 14.7. The van der Waals surface area contributed by atoms with E-state index in [2.05, 4.69) is 25.5 Å². The number of halogens is 2. The molecular weight excluding hydrogens is 343 g/mol. The summed E-state index contributed by atoms with van der Waals surface area (Å²) >= 11 is 5.80. The second-order valence-corrected chi connectivity index (χ2v) is 6.47. The van der Waals surface area contributed by atoms with Crippen molar-refractivity contribution >= 4 is 34.6 Å². The van der Waals surface area contributed by atoms with Crippen molar-refractivity contribution in [1.82, 2.24) is 14.9 Å². The molecule has 0 saturated carbocycles. The third-order valence-corrected chi connectivity index (χ3v) is 4.53. The molecular formula is C17H22ClFN6. The Balaban J connectivity index is 1.61. The van der Waals surface area contributed by atoms with Gasteiger partial charge in [0.25, 0.3) is 0 Å². The van der Waals surface area contributed by atoms with E-state index < -0.39 is 5.82 Å². The topological polar surface area (TPSA) is 79.1 Å². The van der Waals surface area contributed by atoms with E-state index in [1.807, 2.05) is 0 Å². The summed E-state index contributed by atoms with van der Waals surface area (Å²) in [6, 6.07) is 4.36. The lowest BCUT2D eigenvalue weighted by atomic mass is 10.1. The van der Waals surface area contributed by atoms with E-state index in [1.54, 1.807) is 6.07 Å². The number of nitrogens with zero attached hydrogens (tertiary/aromatic N) is 3. The molecule has 0 aliphatic carbocycles. The maximum Gasteiger partial charge on any atom is 0.159 e. The Bertz CT molecular complexity index is 720. The van der Waals surface area contributed by atoms with Crippen molar-refractivity contribution in [3.8, 4) is 0 Å². The predicted molar refractivity (Wildman–Crippen MR) is 99.9 cm³/mol. The molecule has 2 heterocycles.